The van der Waals surface area contributed by atoms with Crippen LogP contribution in [0, 0.1) is 6.92 Å². The largest absolute Gasteiger partial charge is 0.239 e. The molecule has 1 heterocycles. The predicted octanol–water partition coefficient (Wildman–Crippen LogP) is 3.98. The zero-order valence-electron chi connectivity index (χ0n) is 8.82. The van der Waals surface area contributed by atoms with Gasteiger partial charge in [0, 0.05) is 28.8 Å². The molecule has 2 aromatic carbocycles. The van der Waals surface area contributed by atoms with E-state index in [1.807, 2.05) is 0 Å². The number of benzene rings is 2. The van der Waals surface area contributed by atoms with Crippen molar-refractivity contribution in [3.63, 3.8) is 0 Å². The molecule has 1 unspecified atom stereocenters. The Kier molecular flexibility index (Phi) is 1.80. The number of hydrogen-bond donors (Lipinski definition) is 0. The standard InChI is InChI=1S/C13H12NS/c1-9-14-13-11-6-4-3-5-10(11)7-8-12(13)15(9)2/h3-8H,1-2H3/q+1. The van der Waals surface area contributed by atoms with E-state index in [2.05, 4.69) is 49.6 Å². The van der Waals surface area contributed by atoms with Crippen LogP contribution >= 0.6 is 10.5 Å². The highest BCUT2D eigenvalue weighted by Crippen LogP contribution is 2.34. The molecule has 1 nitrogen and oxygen atoms in total. The van der Waals surface area contributed by atoms with Crippen LogP contribution in [-0.2, 0) is 6.26 Å². The molecule has 0 radical (unpaired) electrons. The van der Waals surface area contributed by atoms with Crippen LogP contribution in [0.1, 0.15) is 5.01 Å². The Balaban J connectivity index is 2.60. The van der Waals surface area contributed by atoms with Gasteiger partial charge < -0.3 is 0 Å². The normalized spacial score (nSPS) is 12.5. The van der Waals surface area contributed by atoms with Crippen LogP contribution in [0.2, 0.25) is 0 Å². The molecule has 0 fully saturated rings. The van der Waals surface area contributed by atoms with Crippen molar-refractivity contribution < 1.29 is 0 Å². The molecule has 0 saturated carbocycles. The molecule has 74 valence electrons. The van der Waals surface area contributed by atoms with Gasteiger partial charge in [-0.15, -0.1) is 0 Å². The second-order valence-electron chi connectivity index (χ2n) is 3.77. The molecule has 3 aromatic rings. The summed E-state index contributed by atoms with van der Waals surface area (Å²) in [4.78, 5) is 4.69. The first-order valence-electron chi connectivity index (χ1n) is 5.00. The van der Waals surface area contributed by atoms with E-state index in [0.717, 1.165) is 0 Å². The van der Waals surface area contributed by atoms with Gasteiger partial charge in [-0.1, -0.05) is 24.3 Å². The van der Waals surface area contributed by atoms with Crippen molar-refractivity contribution >= 4 is 31.5 Å². The monoisotopic (exact) mass is 214 g/mol. The van der Waals surface area contributed by atoms with E-state index in [1.54, 1.807) is 0 Å². The lowest BCUT2D eigenvalue weighted by atomic mass is 10.1. The topological polar surface area (TPSA) is 12.9 Å². The molecule has 3 rings (SSSR count). The Bertz CT molecular complexity index is 652. The Morgan fingerprint density at radius 3 is 2.73 bits per heavy atom. The molecule has 1 atom stereocenters. The van der Waals surface area contributed by atoms with Gasteiger partial charge in [0.1, 0.15) is 11.8 Å². The highest BCUT2D eigenvalue weighted by molar-refractivity contribution is 7.35. The summed E-state index contributed by atoms with van der Waals surface area (Å²) in [6.45, 7) is 2.12. The van der Waals surface area contributed by atoms with Gasteiger partial charge in [0.25, 0.3) is 0 Å². The lowest BCUT2D eigenvalue weighted by molar-refractivity contribution is 1.35. The van der Waals surface area contributed by atoms with Gasteiger partial charge in [-0.25, -0.2) is 0 Å². The quantitative estimate of drug-likeness (QED) is 0.516. The summed E-state index contributed by atoms with van der Waals surface area (Å²) < 4.78 is 1.39. The van der Waals surface area contributed by atoms with E-state index in [-0.39, 0.29) is 10.5 Å². The Morgan fingerprint density at radius 2 is 1.87 bits per heavy atom. The summed E-state index contributed by atoms with van der Waals surface area (Å²) in [5.41, 5.74) is 1.19. The van der Waals surface area contributed by atoms with Crippen LogP contribution in [0.25, 0.3) is 21.0 Å². The fraction of sp³-hybridized carbons (Fsp3) is 0.154. The van der Waals surface area contributed by atoms with Gasteiger partial charge >= 0.3 is 0 Å². The first kappa shape index (κ1) is 8.86. The first-order valence-corrected chi connectivity index (χ1v) is 6.63. The molecule has 0 aliphatic rings. The van der Waals surface area contributed by atoms with Crippen LogP contribution in [0.3, 0.4) is 0 Å². The van der Waals surface area contributed by atoms with Crippen LogP contribution < -0.4 is 0 Å². The Labute approximate surface area is 91.4 Å². The molecule has 0 N–H and O–H groups in total. The number of hydrogen-bond acceptors (Lipinski definition) is 1. The lowest BCUT2D eigenvalue weighted by Crippen LogP contribution is -1.74. The second-order valence-corrected chi connectivity index (χ2v) is 5.83. The average Bonchev–Trinajstić information content (AvgIpc) is 2.56. The summed E-state index contributed by atoms with van der Waals surface area (Å²) in [6.07, 6.45) is 2.25. The van der Waals surface area contributed by atoms with E-state index in [1.165, 1.54) is 26.0 Å². The minimum absolute atomic E-state index is 0.201. The minimum atomic E-state index is 0.201. The Hall–Kier alpha value is -1.41. The van der Waals surface area contributed by atoms with Crippen molar-refractivity contribution in [2.45, 2.75) is 6.92 Å². The van der Waals surface area contributed by atoms with E-state index in [9.17, 15) is 0 Å². The highest BCUT2D eigenvalue weighted by Gasteiger charge is 2.16. The molecule has 0 bridgehead atoms. The first-order chi connectivity index (χ1) is 7.27. The summed E-state index contributed by atoms with van der Waals surface area (Å²) >= 11 is 0. The predicted molar refractivity (Wildman–Crippen MR) is 67.4 cm³/mol. The van der Waals surface area contributed by atoms with Crippen LogP contribution in [0.15, 0.2) is 36.4 Å². The fourth-order valence-electron chi connectivity index (χ4n) is 1.98. The number of aromatic nitrogens is 1. The van der Waals surface area contributed by atoms with Gasteiger partial charge in [-0.2, -0.15) is 4.98 Å². The maximum atomic E-state index is 4.69. The lowest BCUT2D eigenvalue weighted by Gasteiger charge is -1.94. The maximum Gasteiger partial charge on any atom is 0.239 e. The molecule has 0 saturated heterocycles. The number of thiazole rings is 1. The third-order valence-corrected chi connectivity index (χ3v) is 4.87. The van der Waals surface area contributed by atoms with Crippen molar-refractivity contribution in [3.05, 3.63) is 41.4 Å². The summed E-state index contributed by atoms with van der Waals surface area (Å²) in [5.74, 6) is 0. The minimum Gasteiger partial charge on any atom is -0.196 e. The van der Waals surface area contributed by atoms with Crippen molar-refractivity contribution in [2.75, 3.05) is 0 Å². The van der Waals surface area contributed by atoms with Crippen molar-refractivity contribution in [1.29, 1.82) is 0 Å². The van der Waals surface area contributed by atoms with E-state index in [4.69, 9.17) is 4.98 Å². The van der Waals surface area contributed by atoms with Crippen molar-refractivity contribution in [1.82, 2.24) is 4.98 Å². The molecule has 0 amide bonds. The van der Waals surface area contributed by atoms with Crippen LogP contribution in [0.4, 0.5) is 0 Å². The summed E-state index contributed by atoms with van der Waals surface area (Å²) in [6, 6.07) is 12.9. The van der Waals surface area contributed by atoms with E-state index >= 15 is 0 Å². The molecule has 0 aliphatic heterocycles. The fourth-order valence-corrected chi connectivity index (χ4v) is 3.25. The van der Waals surface area contributed by atoms with E-state index in [0.29, 0.717) is 0 Å². The molecule has 2 heteroatoms. The van der Waals surface area contributed by atoms with Crippen molar-refractivity contribution in [2.24, 2.45) is 6.26 Å². The molecule has 1 aromatic heterocycles. The van der Waals surface area contributed by atoms with Gasteiger partial charge in [-0.3, -0.25) is 0 Å². The van der Waals surface area contributed by atoms with Gasteiger partial charge in [0.2, 0.25) is 9.71 Å². The molecule has 15 heavy (non-hydrogen) atoms. The highest BCUT2D eigenvalue weighted by atomic mass is 32.2. The van der Waals surface area contributed by atoms with Gasteiger partial charge in [0.15, 0.2) is 0 Å². The second kappa shape index (κ2) is 3.04. The summed E-state index contributed by atoms with van der Waals surface area (Å²) in [5, 5.41) is 3.82. The van der Waals surface area contributed by atoms with E-state index < -0.39 is 0 Å². The molecular formula is C13H12NS+. The van der Waals surface area contributed by atoms with Gasteiger partial charge in [-0.05, 0) is 11.5 Å². The number of fused-ring (bicyclic) bond motifs is 3. The number of nitrogens with zero attached hydrogens (tertiary/aromatic N) is 1. The zero-order chi connectivity index (χ0) is 10.4. The smallest absolute Gasteiger partial charge is 0.196 e. The van der Waals surface area contributed by atoms with Gasteiger partial charge in [0.05, 0.1) is 0 Å². The molecule has 0 spiro atoms. The zero-order valence-corrected chi connectivity index (χ0v) is 9.64. The third-order valence-electron chi connectivity index (χ3n) is 2.91. The number of rotatable bonds is 0. The van der Waals surface area contributed by atoms with Crippen molar-refractivity contribution in [3.8, 4) is 0 Å². The Morgan fingerprint density at radius 1 is 1.07 bits per heavy atom. The van der Waals surface area contributed by atoms with Crippen LogP contribution in [0.5, 0.6) is 0 Å². The summed E-state index contributed by atoms with van der Waals surface area (Å²) in [7, 11) is 0.201. The SMILES string of the molecule is Cc1nc2c3ccccc3ccc2[s+]1C. The maximum absolute atomic E-state index is 4.69. The molecular weight excluding hydrogens is 202 g/mol. The third kappa shape index (κ3) is 1.18. The van der Waals surface area contributed by atoms with Crippen LogP contribution in [-0.4, -0.2) is 4.98 Å². The number of aryl methyl sites for hydroxylation is 2. The molecule has 0 aliphatic carbocycles. The average molecular weight is 214 g/mol.